The minimum atomic E-state index is 0.135. The SMILES string of the molecule is CCC1CCCCN1c1nc(C)c(C(C)=O)s1. The fraction of sp³-hybridized carbons (Fsp3) is 0.692. The lowest BCUT2D eigenvalue weighted by Crippen LogP contribution is -2.39. The third-order valence-electron chi connectivity index (χ3n) is 3.45. The van der Waals surface area contributed by atoms with Crippen molar-refractivity contribution in [2.45, 2.75) is 52.5 Å². The van der Waals surface area contributed by atoms with Gasteiger partial charge in [-0.1, -0.05) is 18.3 Å². The predicted octanol–water partition coefficient (Wildman–Crippen LogP) is 3.42. The molecular formula is C13H20N2OS. The van der Waals surface area contributed by atoms with Crippen molar-refractivity contribution in [2.24, 2.45) is 0 Å². The van der Waals surface area contributed by atoms with Crippen LogP contribution in [0.3, 0.4) is 0 Å². The number of nitrogens with zero attached hydrogens (tertiary/aromatic N) is 2. The molecule has 0 spiro atoms. The number of rotatable bonds is 3. The zero-order chi connectivity index (χ0) is 12.4. The number of ketones is 1. The second-order valence-corrected chi connectivity index (χ2v) is 5.70. The molecule has 0 bridgehead atoms. The molecule has 1 aromatic rings. The largest absolute Gasteiger partial charge is 0.345 e. The van der Waals surface area contributed by atoms with Gasteiger partial charge in [-0.3, -0.25) is 4.79 Å². The summed E-state index contributed by atoms with van der Waals surface area (Å²) in [4.78, 5) is 19.3. The molecule has 0 aliphatic carbocycles. The van der Waals surface area contributed by atoms with Gasteiger partial charge in [-0.2, -0.15) is 0 Å². The van der Waals surface area contributed by atoms with Crippen LogP contribution in [0.15, 0.2) is 0 Å². The minimum absolute atomic E-state index is 0.135. The van der Waals surface area contributed by atoms with E-state index in [1.165, 1.54) is 19.3 Å². The van der Waals surface area contributed by atoms with Crippen molar-refractivity contribution < 1.29 is 4.79 Å². The number of hydrogen-bond acceptors (Lipinski definition) is 4. The van der Waals surface area contributed by atoms with Crippen molar-refractivity contribution in [3.63, 3.8) is 0 Å². The molecule has 0 amide bonds. The third-order valence-corrected chi connectivity index (χ3v) is 4.74. The zero-order valence-corrected chi connectivity index (χ0v) is 11.6. The van der Waals surface area contributed by atoms with E-state index in [-0.39, 0.29) is 5.78 Å². The quantitative estimate of drug-likeness (QED) is 0.773. The summed E-state index contributed by atoms with van der Waals surface area (Å²) in [6.07, 6.45) is 4.97. The lowest BCUT2D eigenvalue weighted by atomic mass is 10.0. The molecule has 0 radical (unpaired) electrons. The molecule has 1 unspecified atom stereocenters. The molecule has 94 valence electrons. The summed E-state index contributed by atoms with van der Waals surface area (Å²) in [6, 6.07) is 0.606. The van der Waals surface area contributed by atoms with Gasteiger partial charge in [-0.25, -0.2) is 4.98 Å². The van der Waals surface area contributed by atoms with Crippen LogP contribution in [-0.2, 0) is 0 Å². The molecule has 0 aromatic carbocycles. The Bertz CT molecular complexity index is 414. The van der Waals surface area contributed by atoms with Crippen molar-refractivity contribution in [3.05, 3.63) is 10.6 Å². The number of aromatic nitrogens is 1. The molecule has 0 saturated carbocycles. The number of anilines is 1. The van der Waals surface area contributed by atoms with Gasteiger partial charge >= 0.3 is 0 Å². The average Bonchev–Trinajstić information content (AvgIpc) is 2.71. The first-order valence-electron chi connectivity index (χ1n) is 6.38. The fourth-order valence-corrected chi connectivity index (χ4v) is 3.57. The van der Waals surface area contributed by atoms with Crippen LogP contribution < -0.4 is 4.90 Å². The van der Waals surface area contributed by atoms with Crippen molar-refractivity contribution in [2.75, 3.05) is 11.4 Å². The predicted molar refractivity (Wildman–Crippen MR) is 72.1 cm³/mol. The Balaban J connectivity index is 2.26. The molecule has 1 atom stereocenters. The van der Waals surface area contributed by atoms with E-state index >= 15 is 0 Å². The Morgan fingerprint density at radius 2 is 2.29 bits per heavy atom. The monoisotopic (exact) mass is 252 g/mol. The third kappa shape index (κ3) is 2.51. The van der Waals surface area contributed by atoms with Crippen LogP contribution in [0.4, 0.5) is 5.13 Å². The Kier molecular flexibility index (Phi) is 3.82. The van der Waals surface area contributed by atoms with Gasteiger partial charge in [0.15, 0.2) is 10.9 Å². The van der Waals surface area contributed by atoms with E-state index in [0.717, 1.165) is 28.7 Å². The molecule has 3 nitrogen and oxygen atoms in total. The van der Waals surface area contributed by atoms with E-state index in [4.69, 9.17) is 0 Å². The Morgan fingerprint density at radius 1 is 1.53 bits per heavy atom. The summed E-state index contributed by atoms with van der Waals surface area (Å²) in [7, 11) is 0. The molecule has 0 N–H and O–H groups in total. The average molecular weight is 252 g/mol. The van der Waals surface area contributed by atoms with Gasteiger partial charge in [0.05, 0.1) is 10.6 Å². The van der Waals surface area contributed by atoms with Crippen molar-refractivity contribution in [3.8, 4) is 0 Å². The molecule has 1 saturated heterocycles. The molecule has 1 aliphatic rings. The number of carbonyl (C=O) groups is 1. The first-order chi connectivity index (χ1) is 8.13. The van der Waals surface area contributed by atoms with Crippen LogP contribution in [0.2, 0.25) is 0 Å². The lowest BCUT2D eigenvalue weighted by Gasteiger charge is -2.34. The molecular weight excluding hydrogens is 232 g/mol. The van der Waals surface area contributed by atoms with Gasteiger partial charge in [0, 0.05) is 19.5 Å². The Labute approximate surface area is 107 Å². The first kappa shape index (κ1) is 12.6. The molecule has 17 heavy (non-hydrogen) atoms. The second-order valence-electron chi connectivity index (χ2n) is 4.72. The van der Waals surface area contributed by atoms with Gasteiger partial charge < -0.3 is 4.90 Å². The molecule has 2 heterocycles. The maximum Gasteiger partial charge on any atom is 0.186 e. The summed E-state index contributed by atoms with van der Waals surface area (Å²) in [5, 5.41) is 1.04. The minimum Gasteiger partial charge on any atom is -0.345 e. The molecule has 1 fully saturated rings. The summed E-state index contributed by atoms with van der Waals surface area (Å²) in [5.41, 5.74) is 0.887. The summed E-state index contributed by atoms with van der Waals surface area (Å²) in [5.74, 6) is 0.135. The Hall–Kier alpha value is -0.900. The standard InChI is InChI=1S/C13H20N2OS/c1-4-11-7-5-6-8-15(11)13-14-9(2)12(17-13)10(3)16/h11H,4-8H2,1-3H3. The van der Waals surface area contributed by atoms with Crippen LogP contribution in [-0.4, -0.2) is 23.4 Å². The van der Waals surface area contributed by atoms with Crippen molar-refractivity contribution >= 4 is 22.3 Å². The number of hydrogen-bond donors (Lipinski definition) is 0. The van der Waals surface area contributed by atoms with Crippen molar-refractivity contribution in [1.29, 1.82) is 0 Å². The smallest absolute Gasteiger partial charge is 0.186 e. The van der Waals surface area contributed by atoms with Crippen LogP contribution in [0.1, 0.15) is 54.9 Å². The maximum absolute atomic E-state index is 11.5. The molecule has 2 rings (SSSR count). The van der Waals surface area contributed by atoms with Crippen molar-refractivity contribution in [1.82, 2.24) is 4.98 Å². The summed E-state index contributed by atoms with van der Waals surface area (Å²) in [6.45, 7) is 6.87. The van der Waals surface area contributed by atoms with Gasteiger partial charge in [0.1, 0.15) is 0 Å². The lowest BCUT2D eigenvalue weighted by molar-refractivity contribution is 0.102. The normalized spacial score (nSPS) is 20.6. The van der Waals surface area contributed by atoms with Crippen LogP contribution in [0.5, 0.6) is 0 Å². The Morgan fingerprint density at radius 3 is 2.88 bits per heavy atom. The molecule has 1 aromatic heterocycles. The van der Waals surface area contributed by atoms with E-state index in [1.807, 2.05) is 6.92 Å². The van der Waals surface area contributed by atoms with E-state index < -0.39 is 0 Å². The molecule has 4 heteroatoms. The highest BCUT2D eigenvalue weighted by atomic mass is 32.1. The first-order valence-corrected chi connectivity index (χ1v) is 7.20. The molecule has 1 aliphatic heterocycles. The van der Waals surface area contributed by atoms with E-state index in [2.05, 4.69) is 16.8 Å². The van der Waals surface area contributed by atoms with Gasteiger partial charge in [-0.05, 0) is 32.6 Å². The summed E-state index contributed by atoms with van der Waals surface area (Å²) < 4.78 is 0. The zero-order valence-electron chi connectivity index (χ0n) is 10.8. The number of carbonyl (C=O) groups excluding carboxylic acids is 1. The number of Topliss-reactive ketones (excluding diaryl/α,β-unsaturated/α-hetero) is 1. The van der Waals surface area contributed by atoms with E-state index in [1.54, 1.807) is 18.3 Å². The second kappa shape index (κ2) is 5.17. The highest BCUT2D eigenvalue weighted by Crippen LogP contribution is 2.32. The number of thiazole rings is 1. The highest BCUT2D eigenvalue weighted by molar-refractivity contribution is 7.17. The number of piperidine rings is 1. The van der Waals surface area contributed by atoms with E-state index in [9.17, 15) is 4.79 Å². The van der Waals surface area contributed by atoms with Gasteiger partial charge in [-0.15, -0.1) is 0 Å². The van der Waals surface area contributed by atoms with E-state index in [0.29, 0.717) is 6.04 Å². The van der Waals surface area contributed by atoms with Gasteiger partial charge in [0.25, 0.3) is 0 Å². The topological polar surface area (TPSA) is 33.2 Å². The number of aryl methyl sites for hydroxylation is 1. The van der Waals surface area contributed by atoms with Gasteiger partial charge in [0.2, 0.25) is 0 Å². The van der Waals surface area contributed by atoms with Crippen LogP contribution in [0.25, 0.3) is 0 Å². The maximum atomic E-state index is 11.5. The van der Waals surface area contributed by atoms with Crippen LogP contribution >= 0.6 is 11.3 Å². The fourth-order valence-electron chi connectivity index (χ4n) is 2.51. The van der Waals surface area contributed by atoms with Crippen LogP contribution in [0, 0.1) is 6.92 Å². The highest BCUT2D eigenvalue weighted by Gasteiger charge is 2.24. The summed E-state index contributed by atoms with van der Waals surface area (Å²) >= 11 is 1.56.